The molecule has 1 saturated heterocycles. The Morgan fingerprint density at radius 3 is 2.38 bits per heavy atom. The molecule has 2 saturated carbocycles. The molecule has 2 aliphatic carbocycles. The first-order valence-electron chi connectivity index (χ1n) is 7.75. The second-order valence-electron chi connectivity index (χ2n) is 6.95. The minimum Gasteiger partial charge on any atom is -0.368 e. The summed E-state index contributed by atoms with van der Waals surface area (Å²) in [5.41, 5.74) is 5.32. The van der Waals surface area contributed by atoms with Gasteiger partial charge in [-0.2, -0.15) is 0 Å². The second kappa shape index (κ2) is 4.93. The normalized spacial score (nSPS) is 37.1. The fourth-order valence-corrected chi connectivity index (χ4v) is 5.24. The lowest BCUT2D eigenvalue weighted by molar-refractivity contribution is -0.121. The molecule has 3 fully saturated rings. The van der Waals surface area contributed by atoms with E-state index >= 15 is 0 Å². The van der Waals surface area contributed by atoms with Crippen LogP contribution in [-0.2, 0) is 14.6 Å². The lowest BCUT2D eigenvalue weighted by Crippen LogP contribution is -2.45. The lowest BCUT2D eigenvalue weighted by atomic mass is 9.92. The van der Waals surface area contributed by atoms with Gasteiger partial charge in [-0.1, -0.05) is 0 Å². The van der Waals surface area contributed by atoms with E-state index in [1.54, 1.807) is 0 Å². The third-order valence-electron chi connectivity index (χ3n) is 5.84. The molecule has 120 valence electrons. The van der Waals surface area contributed by atoms with Gasteiger partial charge in [-0.05, 0) is 50.6 Å². The number of hydrogen-bond acceptors (Lipinski definition) is 5. The van der Waals surface area contributed by atoms with Gasteiger partial charge in [0.1, 0.15) is 5.54 Å². The van der Waals surface area contributed by atoms with Crippen LogP contribution in [0.2, 0.25) is 0 Å². The molecule has 1 heterocycles. The number of likely N-dealkylation sites (N-methyl/N-ethyl adjacent to an activating group) is 1. The summed E-state index contributed by atoms with van der Waals surface area (Å²) in [4.78, 5) is 13.9. The lowest BCUT2D eigenvalue weighted by Gasteiger charge is -2.29. The van der Waals surface area contributed by atoms with Crippen molar-refractivity contribution in [2.45, 2.75) is 31.2 Å². The smallest absolute Gasteiger partial charge is 0.238 e. The number of sulfone groups is 1. The van der Waals surface area contributed by atoms with E-state index in [1.807, 2.05) is 7.05 Å². The molecule has 2 unspecified atom stereocenters. The van der Waals surface area contributed by atoms with E-state index in [0.29, 0.717) is 19.0 Å². The first kappa shape index (κ1) is 15.2. The molecule has 1 aliphatic heterocycles. The summed E-state index contributed by atoms with van der Waals surface area (Å²) in [5, 5.41) is 3.13. The number of primary amides is 1. The second-order valence-corrected chi connectivity index (χ2v) is 9.25. The SMILES string of the molecule is CNC1(C(N)=O)CC1C1(CCN2CCS(=O)(=O)CC2)CC1. The highest BCUT2D eigenvalue weighted by Gasteiger charge is 2.69. The minimum absolute atomic E-state index is 0.231. The van der Waals surface area contributed by atoms with Gasteiger partial charge in [-0.3, -0.25) is 4.79 Å². The number of nitrogens with one attached hydrogen (secondary N) is 1. The van der Waals surface area contributed by atoms with E-state index in [1.165, 1.54) is 12.8 Å². The number of nitrogens with two attached hydrogens (primary N) is 1. The molecule has 6 nitrogen and oxygen atoms in total. The zero-order valence-corrected chi connectivity index (χ0v) is 13.4. The van der Waals surface area contributed by atoms with E-state index in [4.69, 9.17) is 5.73 Å². The first-order valence-corrected chi connectivity index (χ1v) is 9.57. The fourth-order valence-electron chi connectivity index (χ4n) is 3.96. The van der Waals surface area contributed by atoms with Crippen molar-refractivity contribution in [3.05, 3.63) is 0 Å². The summed E-state index contributed by atoms with van der Waals surface area (Å²) in [6.45, 7) is 2.23. The predicted molar refractivity (Wildman–Crippen MR) is 80.5 cm³/mol. The first-order chi connectivity index (χ1) is 9.84. The van der Waals surface area contributed by atoms with Gasteiger partial charge in [0.15, 0.2) is 9.84 Å². The van der Waals surface area contributed by atoms with Gasteiger partial charge in [-0.15, -0.1) is 0 Å². The number of hydrogen-bond donors (Lipinski definition) is 2. The molecule has 0 aromatic rings. The molecule has 21 heavy (non-hydrogen) atoms. The molecule has 0 radical (unpaired) electrons. The molecule has 7 heteroatoms. The number of rotatable bonds is 6. The van der Waals surface area contributed by atoms with E-state index in [9.17, 15) is 13.2 Å². The summed E-state index contributed by atoms with van der Waals surface area (Å²) in [7, 11) is -0.989. The van der Waals surface area contributed by atoms with Crippen LogP contribution < -0.4 is 11.1 Å². The molecule has 0 aromatic heterocycles. The maximum absolute atomic E-state index is 11.7. The Morgan fingerprint density at radius 1 is 1.33 bits per heavy atom. The van der Waals surface area contributed by atoms with Gasteiger partial charge < -0.3 is 16.0 Å². The summed E-state index contributed by atoms with van der Waals surface area (Å²) >= 11 is 0. The topological polar surface area (TPSA) is 92.5 Å². The van der Waals surface area contributed by atoms with Crippen LogP contribution in [0.3, 0.4) is 0 Å². The molecule has 3 rings (SSSR count). The van der Waals surface area contributed by atoms with Crippen LogP contribution in [0.1, 0.15) is 25.7 Å². The maximum Gasteiger partial charge on any atom is 0.238 e. The maximum atomic E-state index is 11.7. The Morgan fingerprint density at radius 2 is 1.95 bits per heavy atom. The van der Waals surface area contributed by atoms with Gasteiger partial charge in [0.25, 0.3) is 0 Å². The van der Waals surface area contributed by atoms with Crippen LogP contribution in [0.5, 0.6) is 0 Å². The summed E-state index contributed by atoms with van der Waals surface area (Å²) < 4.78 is 22.9. The largest absolute Gasteiger partial charge is 0.368 e. The van der Waals surface area contributed by atoms with Crippen LogP contribution in [-0.4, -0.2) is 63.0 Å². The Kier molecular flexibility index (Phi) is 3.58. The summed E-state index contributed by atoms with van der Waals surface area (Å²) in [6.07, 6.45) is 4.24. The van der Waals surface area contributed by atoms with Crippen molar-refractivity contribution >= 4 is 15.7 Å². The molecular formula is C14H25N3O3S. The highest BCUT2D eigenvalue weighted by Crippen LogP contribution is 2.67. The van der Waals surface area contributed by atoms with Crippen LogP contribution in [0.15, 0.2) is 0 Å². The average Bonchev–Trinajstić information content (AvgIpc) is 3.31. The Hall–Kier alpha value is -0.660. The third kappa shape index (κ3) is 2.71. The van der Waals surface area contributed by atoms with Crippen molar-refractivity contribution in [3.63, 3.8) is 0 Å². The molecule has 0 aromatic carbocycles. The van der Waals surface area contributed by atoms with Gasteiger partial charge >= 0.3 is 0 Å². The molecule has 0 bridgehead atoms. The molecular weight excluding hydrogens is 290 g/mol. The van der Waals surface area contributed by atoms with Gasteiger partial charge in [-0.25, -0.2) is 8.42 Å². The quantitative estimate of drug-likeness (QED) is 0.679. The minimum atomic E-state index is -2.80. The van der Waals surface area contributed by atoms with Gasteiger partial charge in [0, 0.05) is 13.1 Å². The van der Waals surface area contributed by atoms with E-state index < -0.39 is 15.4 Å². The number of amides is 1. The molecule has 3 N–H and O–H groups in total. The average molecular weight is 315 g/mol. The Bertz CT molecular complexity index is 530. The molecule has 1 amide bonds. The highest BCUT2D eigenvalue weighted by atomic mass is 32.2. The Labute approximate surface area is 126 Å². The summed E-state index contributed by atoms with van der Waals surface area (Å²) in [6, 6.07) is 0. The number of nitrogens with zero attached hydrogens (tertiary/aromatic N) is 1. The van der Waals surface area contributed by atoms with Crippen LogP contribution in [0, 0.1) is 11.3 Å². The molecule has 3 aliphatic rings. The van der Waals surface area contributed by atoms with E-state index in [-0.39, 0.29) is 22.8 Å². The van der Waals surface area contributed by atoms with Crippen molar-refractivity contribution in [2.75, 3.05) is 38.2 Å². The fraction of sp³-hybridized carbons (Fsp3) is 0.929. The monoisotopic (exact) mass is 315 g/mol. The zero-order valence-electron chi connectivity index (χ0n) is 12.6. The van der Waals surface area contributed by atoms with Crippen molar-refractivity contribution in [1.29, 1.82) is 0 Å². The number of carbonyl (C=O) groups is 1. The van der Waals surface area contributed by atoms with Crippen LogP contribution >= 0.6 is 0 Å². The van der Waals surface area contributed by atoms with Gasteiger partial charge in [0.05, 0.1) is 11.5 Å². The third-order valence-corrected chi connectivity index (χ3v) is 7.45. The highest BCUT2D eigenvalue weighted by molar-refractivity contribution is 7.91. The van der Waals surface area contributed by atoms with Crippen LogP contribution in [0.25, 0.3) is 0 Å². The van der Waals surface area contributed by atoms with Crippen LogP contribution in [0.4, 0.5) is 0 Å². The van der Waals surface area contributed by atoms with Crippen molar-refractivity contribution in [1.82, 2.24) is 10.2 Å². The van der Waals surface area contributed by atoms with E-state index in [0.717, 1.165) is 19.4 Å². The molecule has 0 spiro atoms. The van der Waals surface area contributed by atoms with Gasteiger partial charge in [0.2, 0.25) is 5.91 Å². The predicted octanol–water partition coefficient (Wildman–Crippen LogP) is -0.649. The van der Waals surface area contributed by atoms with Crippen molar-refractivity contribution in [2.24, 2.45) is 17.1 Å². The summed E-state index contributed by atoms with van der Waals surface area (Å²) in [5.74, 6) is 0.697. The van der Waals surface area contributed by atoms with Crippen molar-refractivity contribution in [3.8, 4) is 0 Å². The zero-order chi connectivity index (χ0) is 15.3. The standard InChI is InChI=1S/C14H25N3O3S/c1-16-14(12(15)18)10-11(14)13(2-3-13)4-5-17-6-8-21(19,20)9-7-17/h11,16H,2-10H2,1H3,(H2,15,18). The Balaban J connectivity index is 1.54. The van der Waals surface area contributed by atoms with Crippen molar-refractivity contribution < 1.29 is 13.2 Å². The van der Waals surface area contributed by atoms with E-state index in [2.05, 4.69) is 10.2 Å². The number of carbonyl (C=O) groups excluding carboxylic acids is 1. The molecule has 2 atom stereocenters.